The van der Waals surface area contributed by atoms with Crippen LogP contribution in [-0.4, -0.2) is 31.6 Å². The first-order chi connectivity index (χ1) is 9.56. The predicted molar refractivity (Wildman–Crippen MR) is 79.2 cm³/mol. The Labute approximate surface area is 119 Å². The van der Waals surface area contributed by atoms with E-state index in [-0.39, 0.29) is 17.9 Å². The number of amides is 2. The lowest BCUT2D eigenvalue weighted by molar-refractivity contribution is 0.101. The summed E-state index contributed by atoms with van der Waals surface area (Å²) in [6.07, 6.45) is 1.84. The Morgan fingerprint density at radius 3 is 2.40 bits per heavy atom. The van der Waals surface area contributed by atoms with Crippen LogP contribution in [-0.2, 0) is 4.74 Å². The number of carbonyl (C=O) groups excluding carboxylic acids is 2. The summed E-state index contributed by atoms with van der Waals surface area (Å²) in [6.45, 7) is 4.06. The van der Waals surface area contributed by atoms with Crippen molar-refractivity contribution in [2.75, 3.05) is 19.0 Å². The van der Waals surface area contributed by atoms with Gasteiger partial charge in [0.05, 0.1) is 12.6 Å². The molecule has 1 unspecified atom stereocenters. The van der Waals surface area contributed by atoms with Crippen LogP contribution in [0.2, 0.25) is 0 Å². The molecule has 0 aliphatic carbocycles. The summed E-state index contributed by atoms with van der Waals surface area (Å²) in [5.41, 5.74) is 1.28. The normalized spacial score (nSPS) is 11.8. The Morgan fingerprint density at radius 1 is 1.25 bits per heavy atom. The second-order valence-corrected chi connectivity index (χ2v) is 4.67. The summed E-state index contributed by atoms with van der Waals surface area (Å²) in [5.74, 6) is 0.00380. The van der Waals surface area contributed by atoms with Gasteiger partial charge < -0.3 is 15.4 Å². The van der Waals surface area contributed by atoms with Crippen LogP contribution in [0, 0.1) is 0 Å². The van der Waals surface area contributed by atoms with Crippen molar-refractivity contribution in [1.29, 1.82) is 0 Å². The van der Waals surface area contributed by atoms with Gasteiger partial charge in [0.25, 0.3) is 0 Å². The third-order valence-corrected chi connectivity index (χ3v) is 2.89. The molecule has 2 N–H and O–H groups in total. The summed E-state index contributed by atoms with van der Waals surface area (Å²) >= 11 is 0. The molecule has 110 valence electrons. The van der Waals surface area contributed by atoms with Crippen molar-refractivity contribution in [3.63, 3.8) is 0 Å². The summed E-state index contributed by atoms with van der Waals surface area (Å²) in [5, 5.41) is 5.60. The van der Waals surface area contributed by atoms with Gasteiger partial charge in [-0.1, -0.05) is 13.3 Å². The van der Waals surface area contributed by atoms with Crippen LogP contribution in [0.25, 0.3) is 0 Å². The lowest BCUT2D eigenvalue weighted by Crippen LogP contribution is -2.40. The Kier molecular flexibility index (Phi) is 6.73. The minimum atomic E-state index is -0.268. The Morgan fingerprint density at radius 2 is 1.90 bits per heavy atom. The molecule has 0 heterocycles. The van der Waals surface area contributed by atoms with Crippen LogP contribution in [0.4, 0.5) is 10.5 Å². The average molecular weight is 278 g/mol. The van der Waals surface area contributed by atoms with Gasteiger partial charge in [-0.05, 0) is 37.6 Å². The molecule has 1 atom stereocenters. The molecule has 1 rings (SSSR count). The SMILES string of the molecule is CCCC(COC)NC(=O)Nc1ccc(C(C)=O)cc1. The molecule has 0 spiro atoms. The molecule has 1 aromatic carbocycles. The molecule has 0 radical (unpaired) electrons. The summed E-state index contributed by atoms with van der Waals surface area (Å²) in [6, 6.07) is 6.54. The highest BCUT2D eigenvalue weighted by molar-refractivity contribution is 5.95. The number of rotatable bonds is 7. The molecule has 2 amide bonds. The summed E-state index contributed by atoms with van der Waals surface area (Å²) in [4.78, 5) is 23.0. The summed E-state index contributed by atoms with van der Waals surface area (Å²) < 4.78 is 5.07. The number of benzene rings is 1. The lowest BCUT2D eigenvalue weighted by atomic mass is 10.1. The van der Waals surface area contributed by atoms with Gasteiger partial charge in [-0.3, -0.25) is 4.79 Å². The Hall–Kier alpha value is -1.88. The van der Waals surface area contributed by atoms with Gasteiger partial charge in [-0.2, -0.15) is 0 Å². The maximum Gasteiger partial charge on any atom is 0.319 e. The van der Waals surface area contributed by atoms with E-state index in [0.717, 1.165) is 12.8 Å². The standard InChI is InChI=1S/C15H22N2O3/c1-4-5-14(10-20-3)17-15(19)16-13-8-6-12(7-9-13)11(2)18/h6-9,14H,4-5,10H2,1-3H3,(H2,16,17,19). The molecule has 1 aromatic rings. The van der Waals surface area contributed by atoms with Crippen molar-refractivity contribution in [2.24, 2.45) is 0 Å². The number of Topliss-reactive ketones (excluding diaryl/α,β-unsaturated/α-hetero) is 1. The Balaban J connectivity index is 2.54. The van der Waals surface area contributed by atoms with Gasteiger partial charge in [0, 0.05) is 18.4 Å². The molecule has 0 fully saturated rings. The highest BCUT2D eigenvalue weighted by Gasteiger charge is 2.11. The topological polar surface area (TPSA) is 67.4 Å². The van der Waals surface area contributed by atoms with E-state index in [2.05, 4.69) is 17.6 Å². The number of hydrogen-bond acceptors (Lipinski definition) is 3. The van der Waals surface area contributed by atoms with Gasteiger partial charge in [0.2, 0.25) is 0 Å². The molecule has 0 aliphatic heterocycles. The number of ether oxygens (including phenoxy) is 1. The largest absolute Gasteiger partial charge is 0.383 e. The van der Waals surface area contributed by atoms with Crippen molar-refractivity contribution in [3.05, 3.63) is 29.8 Å². The van der Waals surface area contributed by atoms with Crippen LogP contribution >= 0.6 is 0 Å². The minimum Gasteiger partial charge on any atom is -0.383 e. The highest BCUT2D eigenvalue weighted by atomic mass is 16.5. The molecule has 0 aliphatic rings. The average Bonchev–Trinajstić information content (AvgIpc) is 2.39. The zero-order valence-electron chi connectivity index (χ0n) is 12.2. The number of anilines is 1. The van der Waals surface area contributed by atoms with Gasteiger partial charge in [0.1, 0.15) is 0 Å². The van der Waals surface area contributed by atoms with Crippen molar-refractivity contribution < 1.29 is 14.3 Å². The predicted octanol–water partition coefficient (Wildman–Crippen LogP) is 2.83. The molecule has 0 bridgehead atoms. The first kappa shape index (κ1) is 16.2. The van der Waals surface area contributed by atoms with E-state index in [9.17, 15) is 9.59 Å². The molecule has 0 saturated carbocycles. The molecule has 0 saturated heterocycles. The van der Waals surface area contributed by atoms with Crippen LogP contribution < -0.4 is 10.6 Å². The molecule has 5 nitrogen and oxygen atoms in total. The molecular weight excluding hydrogens is 256 g/mol. The van der Waals surface area contributed by atoms with E-state index in [0.29, 0.717) is 17.9 Å². The van der Waals surface area contributed by atoms with E-state index >= 15 is 0 Å². The smallest absolute Gasteiger partial charge is 0.319 e. The van der Waals surface area contributed by atoms with E-state index < -0.39 is 0 Å². The van der Waals surface area contributed by atoms with Gasteiger partial charge in [-0.15, -0.1) is 0 Å². The van der Waals surface area contributed by atoms with Gasteiger partial charge in [0.15, 0.2) is 5.78 Å². The van der Waals surface area contributed by atoms with E-state index in [1.807, 2.05) is 0 Å². The van der Waals surface area contributed by atoms with E-state index in [1.165, 1.54) is 6.92 Å². The van der Waals surface area contributed by atoms with Gasteiger partial charge in [-0.25, -0.2) is 4.79 Å². The molecule has 20 heavy (non-hydrogen) atoms. The van der Waals surface area contributed by atoms with E-state index in [1.54, 1.807) is 31.4 Å². The van der Waals surface area contributed by atoms with Crippen molar-refractivity contribution in [3.8, 4) is 0 Å². The Bertz CT molecular complexity index is 437. The quantitative estimate of drug-likeness (QED) is 0.754. The number of methoxy groups -OCH3 is 1. The summed E-state index contributed by atoms with van der Waals surface area (Å²) in [7, 11) is 1.61. The van der Waals surface area contributed by atoms with Crippen LogP contribution in [0.15, 0.2) is 24.3 Å². The highest BCUT2D eigenvalue weighted by Crippen LogP contribution is 2.10. The maximum absolute atomic E-state index is 11.8. The number of urea groups is 1. The van der Waals surface area contributed by atoms with E-state index in [4.69, 9.17) is 4.74 Å². The zero-order chi connectivity index (χ0) is 15.0. The third-order valence-electron chi connectivity index (χ3n) is 2.89. The number of nitrogens with one attached hydrogen (secondary N) is 2. The first-order valence-corrected chi connectivity index (χ1v) is 6.74. The van der Waals surface area contributed by atoms with Crippen molar-refractivity contribution >= 4 is 17.5 Å². The fraction of sp³-hybridized carbons (Fsp3) is 0.467. The fourth-order valence-corrected chi connectivity index (χ4v) is 1.89. The number of ketones is 1. The second kappa shape index (κ2) is 8.32. The minimum absolute atomic E-state index is 0.00138. The second-order valence-electron chi connectivity index (χ2n) is 4.67. The molecule has 0 aromatic heterocycles. The zero-order valence-corrected chi connectivity index (χ0v) is 12.2. The fourth-order valence-electron chi connectivity index (χ4n) is 1.89. The maximum atomic E-state index is 11.8. The number of hydrogen-bond donors (Lipinski definition) is 2. The molecular formula is C15H22N2O3. The van der Waals surface area contributed by atoms with Crippen molar-refractivity contribution in [2.45, 2.75) is 32.7 Å². The van der Waals surface area contributed by atoms with Crippen LogP contribution in [0.3, 0.4) is 0 Å². The third kappa shape index (κ3) is 5.40. The first-order valence-electron chi connectivity index (χ1n) is 6.74. The molecule has 5 heteroatoms. The van der Waals surface area contributed by atoms with Crippen LogP contribution in [0.1, 0.15) is 37.0 Å². The van der Waals surface area contributed by atoms with Crippen molar-refractivity contribution in [1.82, 2.24) is 5.32 Å². The van der Waals surface area contributed by atoms with Gasteiger partial charge >= 0.3 is 6.03 Å². The number of carbonyl (C=O) groups is 2. The van der Waals surface area contributed by atoms with Crippen LogP contribution in [0.5, 0.6) is 0 Å². The lowest BCUT2D eigenvalue weighted by Gasteiger charge is -2.17. The monoisotopic (exact) mass is 278 g/mol.